The van der Waals surface area contributed by atoms with E-state index in [1.807, 2.05) is 0 Å². The quantitative estimate of drug-likeness (QED) is 0.814. The van der Waals surface area contributed by atoms with Gasteiger partial charge in [0.2, 0.25) is 0 Å². The van der Waals surface area contributed by atoms with Crippen molar-refractivity contribution in [3.8, 4) is 0 Å². The van der Waals surface area contributed by atoms with Gasteiger partial charge in [0, 0.05) is 4.47 Å². The molecule has 0 heterocycles. The van der Waals surface area contributed by atoms with Crippen molar-refractivity contribution >= 4 is 28.2 Å². The average Bonchev–Trinajstić information content (AvgIpc) is 2.04. The first-order valence-electron chi connectivity index (χ1n) is 3.24. The highest BCUT2D eigenvalue weighted by molar-refractivity contribution is 9.10. The molecule has 0 saturated heterocycles. The van der Waals surface area contributed by atoms with Gasteiger partial charge in [0.05, 0.1) is 11.1 Å². The minimum absolute atomic E-state index is 0.0324. The Morgan fingerprint density at radius 1 is 1.54 bits per heavy atom. The van der Waals surface area contributed by atoms with Crippen LogP contribution in [0.1, 0.15) is 20.7 Å². The average molecular weight is 247 g/mol. The van der Waals surface area contributed by atoms with Crippen LogP contribution in [-0.4, -0.2) is 17.4 Å². The number of benzene rings is 1. The van der Waals surface area contributed by atoms with Crippen LogP contribution in [0.3, 0.4) is 0 Å². The molecule has 0 bridgehead atoms. The second-order valence-corrected chi connectivity index (χ2v) is 3.04. The number of hydrogen-bond acceptors (Lipinski definition) is 2. The van der Waals surface area contributed by atoms with Crippen LogP contribution in [0.2, 0.25) is 0 Å². The summed E-state index contributed by atoms with van der Waals surface area (Å²) < 4.78 is 12.8. The van der Waals surface area contributed by atoms with Crippen molar-refractivity contribution in [1.82, 2.24) is 0 Å². The minimum Gasteiger partial charge on any atom is -0.478 e. The fourth-order valence-corrected chi connectivity index (χ4v) is 1.43. The smallest absolute Gasteiger partial charge is 0.336 e. The molecule has 5 heteroatoms. The molecule has 0 aliphatic rings. The number of aldehydes is 1. The second kappa shape index (κ2) is 3.66. The third kappa shape index (κ3) is 1.75. The molecule has 0 unspecified atom stereocenters. The van der Waals surface area contributed by atoms with Crippen LogP contribution in [0, 0.1) is 5.82 Å². The Morgan fingerprint density at radius 3 is 2.62 bits per heavy atom. The van der Waals surface area contributed by atoms with Gasteiger partial charge in [0.25, 0.3) is 0 Å². The topological polar surface area (TPSA) is 54.4 Å². The summed E-state index contributed by atoms with van der Waals surface area (Å²) in [7, 11) is 0. The maximum Gasteiger partial charge on any atom is 0.336 e. The molecule has 0 radical (unpaired) electrons. The second-order valence-electron chi connectivity index (χ2n) is 2.25. The van der Waals surface area contributed by atoms with Gasteiger partial charge >= 0.3 is 5.97 Å². The predicted molar refractivity (Wildman–Crippen MR) is 46.4 cm³/mol. The molecule has 3 nitrogen and oxygen atoms in total. The standard InChI is InChI=1S/C8H4BrFO3/c9-7-4(8(12)13)1-2-6(10)5(7)3-11/h1-3H,(H,12,13). The number of halogens is 2. The Morgan fingerprint density at radius 2 is 2.15 bits per heavy atom. The van der Waals surface area contributed by atoms with Gasteiger partial charge in [-0.2, -0.15) is 0 Å². The highest BCUT2D eigenvalue weighted by atomic mass is 79.9. The lowest BCUT2D eigenvalue weighted by atomic mass is 10.1. The van der Waals surface area contributed by atoms with Gasteiger partial charge in [-0.25, -0.2) is 9.18 Å². The number of carboxylic acid groups (broad SMARTS) is 1. The first-order chi connectivity index (χ1) is 6.07. The third-order valence-electron chi connectivity index (χ3n) is 1.47. The van der Waals surface area contributed by atoms with E-state index in [0.717, 1.165) is 12.1 Å². The van der Waals surface area contributed by atoms with Crippen molar-refractivity contribution in [1.29, 1.82) is 0 Å². The van der Waals surface area contributed by atoms with Crippen LogP contribution in [0.15, 0.2) is 16.6 Å². The Balaban J connectivity index is 3.44. The molecule has 0 spiro atoms. The molecule has 68 valence electrons. The molecule has 13 heavy (non-hydrogen) atoms. The summed E-state index contributed by atoms with van der Waals surface area (Å²) in [5, 5.41) is 8.61. The summed E-state index contributed by atoms with van der Waals surface area (Å²) in [6.07, 6.45) is 0.270. The highest BCUT2D eigenvalue weighted by Crippen LogP contribution is 2.22. The van der Waals surface area contributed by atoms with Crippen LogP contribution in [0.5, 0.6) is 0 Å². The van der Waals surface area contributed by atoms with E-state index in [0.29, 0.717) is 0 Å². The molecule has 0 fully saturated rings. The molecule has 0 aromatic heterocycles. The van der Waals surface area contributed by atoms with Gasteiger partial charge in [-0.1, -0.05) is 0 Å². The summed E-state index contributed by atoms with van der Waals surface area (Å²) in [4.78, 5) is 20.9. The molecule has 0 atom stereocenters. The summed E-state index contributed by atoms with van der Waals surface area (Å²) in [5.41, 5.74) is -0.414. The number of carbonyl (C=O) groups excluding carboxylic acids is 1. The Hall–Kier alpha value is -1.23. The molecule has 1 N–H and O–H groups in total. The lowest BCUT2D eigenvalue weighted by molar-refractivity contribution is 0.0696. The van der Waals surface area contributed by atoms with E-state index >= 15 is 0 Å². The molecule has 0 saturated carbocycles. The normalized spacial score (nSPS) is 9.69. The lowest BCUT2D eigenvalue weighted by Gasteiger charge is -2.01. The minimum atomic E-state index is -1.21. The lowest BCUT2D eigenvalue weighted by Crippen LogP contribution is -2.01. The molecule has 0 aliphatic heterocycles. The van der Waals surface area contributed by atoms with Crippen LogP contribution in [-0.2, 0) is 0 Å². The van der Waals surface area contributed by atoms with Crippen LogP contribution >= 0.6 is 15.9 Å². The van der Waals surface area contributed by atoms with Crippen molar-refractivity contribution in [3.63, 3.8) is 0 Å². The van der Waals surface area contributed by atoms with Crippen LogP contribution in [0.25, 0.3) is 0 Å². The first kappa shape index (κ1) is 9.85. The zero-order valence-corrected chi connectivity index (χ0v) is 7.84. The molecule has 0 amide bonds. The van der Waals surface area contributed by atoms with Gasteiger partial charge in [-0.3, -0.25) is 4.79 Å². The fraction of sp³-hybridized carbons (Fsp3) is 0. The van der Waals surface area contributed by atoms with Gasteiger partial charge < -0.3 is 5.11 Å². The Bertz CT molecular complexity index is 376. The van der Waals surface area contributed by atoms with Gasteiger partial charge in [0.15, 0.2) is 6.29 Å². The van der Waals surface area contributed by atoms with E-state index in [1.54, 1.807) is 0 Å². The highest BCUT2D eigenvalue weighted by Gasteiger charge is 2.14. The van der Waals surface area contributed by atoms with Crippen molar-refractivity contribution in [2.24, 2.45) is 0 Å². The Labute approximate surface area is 81.3 Å². The number of carbonyl (C=O) groups is 2. The number of carboxylic acids is 1. The van der Waals surface area contributed by atoms with E-state index in [-0.39, 0.29) is 21.9 Å². The third-order valence-corrected chi connectivity index (χ3v) is 2.33. The summed E-state index contributed by atoms with van der Waals surface area (Å²) in [6, 6.07) is 2.03. The predicted octanol–water partition coefficient (Wildman–Crippen LogP) is 2.10. The Kier molecular flexibility index (Phi) is 2.77. The monoisotopic (exact) mass is 246 g/mol. The van der Waals surface area contributed by atoms with E-state index in [9.17, 15) is 14.0 Å². The summed E-state index contributed by atoms with van der Waals surface area (Å²) in [6.45, 7) is 0. The van der Waals surface area contributed by atoms with Crippen molar-refractivity contribution in [2.45, 2.75) is 0 Å². The fourth-order valence-electron chi connectivity index (χ4n) is 0.843. The SMILES string of the molecule is O=Cc1c(F)ccc(C(=O)O)c1Br. The first-order valence-corrected chi connectivity index (χ1v) is 4.03. The van der Waals surface area contributed by atoms with Crippen LogP contribution in [0.4, 0.5) is 4.39 Å². The van der Waals surface area contributed by atoms with Crippen molar-refractivity contribution in [3.05, 3.63) is 33.5 Å². The van der Waals surface area contributed by atoms with Crippen LogP contribution < -0.4 is 0 Å². The van der Waals surface area contributed by atoms with E-state index in [1.165, 1.54) is 0 Å². The molecule has 1 aromatic rings. The van der Waals surface area contributed by atoms with E-state index in [4.69, 9.17) is 5.11 Å². The van der Waals surface area contributed by atoms with Crippen molar-refractivity contribution < 1.29 is 19.1 Å². The summed E-state index contributed by atoms with van der Waals surface area (Å²) >= 11 is 2.84. The number of hydrogen-bond donors (Lipinski definition) is 1. The zero-order valence-electron chi connectivity index (χ0n) is 6.25. The number of rotatable bonds is 2. The van der Waals surface area contributed by atoms with Gasteiger partial charge in [0.1, 0.15) is 5.82 Å². The van der Waals surface area contributed by atoms with E-state index < -0.39 is 11.8 Å². The number of aromatic carboxylic acids is 1. The molecule has 1 aromatic carbocycles. The molecular formula is C8H4BrFO3. The maximum atomic E-state index is 12.8. The molecular weight excluding hydrogens is 243 g/mol. The van der Waals surface area contributed by atoms with Gasteiger partial charge in [-0.05, 0) is 28.1 Å². The zero-order chi connectivity index (χ0) is 10.0. The van der Waals surface area contributed by atoms with Crippen molar-refractivity contribution in [2.75, 3.05) is 0 Å². The van der Waals surface area contributed by atoms with Gasteiger partial charge in [-0.15, -0.1) is 0 Å². The van der Waals surface area contributed by atoms with E-state index in [2.05, 4.69) is 15.9 Å². The molecule has 0 aliphatic carbocycles. The maximum absolute atomic E-state index is 12.8. The molecule has 1 rings (SSSR count). The summed E-state index contributed by atoms with van der Waals surface area (Å²) in [5.74, 6) is -1.96. The largest absolute Gasteiger partial charge is 0.478 e.